The standard InChI is InChI=1S/C22H16N2O2S/c1-15-6-13-19-21(14-15)27-22(23-19)18-11-8-16(9-12-18)7-10-17-4-2-3-5-20(17)24(25)26/h2-14H,1H3/b10-7+. The minimum atomic E-state index is -0.363. The van der Waals surface area contributed by atoms with E-state index in [4.69, 9.17) is 4.98 Å². The van der Waals surface area contributed by atoms with E-state index in [1.54, 1.807) is 35.6 Å². The number of fused-ring (bicyclic) bond motifs is 1. The molecule has 0 amide bonds. The fourth-order valence-electron chi connectivity index (χ4n) is 2.87. The zero-order valence-corrected chi connectivity index (χ0v) is 15.4. The molecule has 0 bridgehead atoms. The quantitative estimate of drug-likeness (QED) is 0.238. The van der Waals surface area contributed by atoms with Crippen LogP contribution in [-0.4, -0.2) is 9.91 Å². The largest absolute Gasteiger partial charge is 0.276 e. The van der Waals surface area contributed by atoms with Gasteiger partial charge in [0.1, 0.15) is 5.01 Å². The highest BCUT2D eigenvalue weighted by Crippen LogP contribution is 2.31. The number of benzene rings is 3. The molecular formula is C22H16N2O2S. The number of hydrogen-bond donors (Lipinski definition) is 0. The van der Waals surface area contributed by atoms with Gasteiger partial charge in [0, 0.05) is 11.6 Å². The van der Waals surface area contributed by atoms with Crippen LogP contribution in [0.5, 0.6) is 0 Å². The van der Waals surface area contributed by atoms with Crippen LogP contribution in [0, 0.1) is 17.0 Å². The van der Waals surface area contributed by atoms with Crippen LogP contribution in [0.15, 0.2) is 66.7 Å². The molecule has 0 saturated heterocycles. The highest BCUT2D eigenvalue weighted by molar-refractivity contribution is 7.21. The first-order chi connectivity index (χ1) is 13.1. The Kier molecular flexibility index (Phi) is 4.52. The predicted molar refractivity (Wildman–Crippen MR) is 112 cm³/mol. The maximum Gasteiger partial charge on any atom is 0.276 e. The smallest absolute Gasteiger partial charge is 0.258 e. The fourth-order valence-corrected chi connectivity index (χ4v) is 3.94. The van der Waals surface area contributed by atoms with E-state index in [-0.39, 0.29) is 10.6 Å². The molecule has 0 radical (unpaired) electrons. The lowest BCUT2D eigenvalue weighted by Gasteiger charge is -1.99. The molecule has 3 aromatic carbocycles. The van der Waals surface area contributed by atoms with Crippen LogP contribution in [-0.2, 0) is 0 Å². The lowest BCUT2D eigenvalue weighted by atomic mass is 10.1. The number of nitro groups is 1. The molecule has 1 aromatic heterocycles. The highest BCUT2D eigenvalue weighted by atomic mass is 32.1. The van der Waals surface area contributed by atoms with E-state index >= 15 is 0 Å². The van der Waals surface area contributed by atoms with Crippen LogP contribution in [0.3, 0.4) is 0 Å². The summed E-state index contributed by atoms with van der Waals surface area (Å²) in [6, 6.07) is 21.1. The lowest BCUT2D eigenvalue weighted by molar-refractivity contribution is -0.385. The van der Waals surface area contributed by atoms with Gasteiger partial charge in [-0.05, 0) is 42.3 Å². The number of aryl methyl sites for hydroxylation is 1. The van der Waals surface area contributed by atoms with Gasteiger partial charge in [-0.1, -0.05) is 48.5 Å². The average Bonchev–Trinajstić information content (AvgIpc) is 3.10. The molecule has 0 unspecified atom stereocenters. The Morgan fingerprint density at radius 2 is 1.78 bits per heavy atom. The molecule has 0 N–H and O–H groups in total. The number of rotatable bonds is 4. The third kappa shape index (κ3) is 3.64. The van der Waals surface area contributed by atoms with Gasteiger partial charge in [-0.15, -0.1) is 11.3 Å². The van der Waals surface area contributed by atoms with Gasteiger partial charge in [0.05, 0.1) is 20.7 Å². The van der Waals surface area contributed by atoms with Gasteiger partial charge in [-0.2, -0.15) is 0 Å². The van der Waals surface area contributed by atoms with Crippen molar-refractivity contribution in [1.82, 2.24) is 4.98 Å². The Bertz CT molecular complexity index is 1160. The topological polar surface area (TPSA) is 56.0 Å². The van der Waals surface area contributed by atoms with Crippen molar-refractivity contribution in [1.29, 1.82) is 0 Å². The molecule has 0 saturated carbocycles. The molecule has 0 aliphatic rings. The Morgan fingerprint density at radius 1 is 1.00 bits per heavy atom. The van der Waals surface area contributed by atoms with E-state index in [0.29, 0.717) is 5.56 Å². The molecule has 4 nitrogen and oxygen atoms in total. The third-order valence-electron chi connectivity index (χ3n) is 4.29. The zero-order valence-electron chi connectivity index (χ0n) is 14.6. The summed E-state index contributed by atoms with van der Waals surface area (Å²) in [6.45, 7) is 2.08. The SMILES string of the molecule is Cc1ccc2nc(-c3ccc(/C=C/c4ccccc4[N+](=O)[O-])cc3)sc2c1. The van der Waals surface area contributed by atoms with Gasteiger partial charge >= 0.3 is 0 Å². The van der Waals surface area contributed by atoms with Crippen LogP contribution in [0.2, 0.25) is 0 Å². The van der Waals surface area contributed by atoms with Crippen molar-refractivity contribution in [2.24, 2.45) is 0 Å². The van der Waals surface area contributed by atoms with Crippen molar-refractivity contribution >= 4 is 39.4 Å². The first-order valence-corrected chi connectivity index (χ1v) is 9.31. The first-order valence-electron chi connectivity index (χ1n) is 8.49. The second-order valence-electron chi connectivity index (χ2n) is 6.26. The summed E-state index contributed by atoms with van der Waals surface area (Å²) < 4.78 is 1.19. The normalized spacial score (nSPS) is 11.3. The minimum absolute atomic E-state index is 0.107. The number of para-hydroxylation sites is 1. The molecule has 132 valence electrons. The molecule has 0 spiro atoms. The summed E-state index contributed by atoms with van der Waals surface area (Å²) in [5.41, 5.74) is 4.99. The lowest BCUT2D eigenvalue weighted by Crippen LogP contribution is -1.90. The third-order valence-corrected chi connectivity index (χ3v) is 5.36. The molecular weight excluding hydrogens is 356 g/mol. The predicted octanol–water partition coefficient (Wildman–Crippen LogP) is 6.35. The maximum atomic E-state index is 11.1. The van der Waals surface area contributed by atoms with Gasteiger partial charge in [0.2, 0.25) is 0 Å². The zero-order chi connectivity index (χ0) is 18.8. The van der Waals surface area contributed by atoms with Crippen molar-refractivity contribution in [3.8, 4) is 10.6 Å². The number of thiazole rings is 1. The van der Waals surface area contributed by atoms with Gasteiger partial charge < -0.3 is 0 Å². The van der Waals surface area contributed by atoms with Gasteiger partial charge in [-0.25, -0.2) is 4.98 Å². The fraction of sp³-hybridized carbons (Fsp3) is 0.0455. The minimum Gasteiger partial charge on any atom is -0.258 e. The van der Waals surface area contributed by atoms with Crippen LogP contribution >= 0.6 is 11.3 Å². The maximum absolute atomic E-state index is 11.1. The summed E-state index contributed by atoms with van der Waals surface area (Å²) in [5.74, 6) is 0. The molecule has 0 fully saturated rings. The van der Waals surface area contributed by atoms with Crippen LogP contribution in [0.1, 0.15) is 16.7 Å². The number of hydrogen-bond acceptors (Lipinski definition) is 4. The van der Waals surface area contributed by atoms with Crippen molar-refractivity contribution < 1.29 is 4.92 Å². The number of aromatic nitrogens is 1. The molecule has 0 atom stereocenters. The van der Waals surface area contributed by atoms with E-state index in [2.05, 4.69) is 25.1 Å². The van der Waals surface area contributed by atoms with E-state index in [9.17, 15) is 10.1 Å². The van der Waals surface area contributed by atoms with Crippen LogP contribution in [0.4, 0.5) is 5.69 Å². The van der Waals surface area contributed by atoms with Gasteiger partial charge in [0.15, 0.2) is 0 Å². The first kappa shape index (κ1) is 17.1. The van der Waals surface area contributed by atoms with E-state index in [0.717, 1.165) is 21.7 Å². The summed E-state index contributed by atoms with van der Waals surface area (Å²) in [7, 11) is 0. The van der Waals surface area contributed by atoms with Crippen molar-refractivity contribution in [3.05, 3.63) is 93.5 Å². The monoisotopic (exact) mass is 372 g/mol. The number of nitrogens with zero attached hydrogens (tertiary/aromatic N) is 2. The molecule has 5 heteroatoms. The van der Waals surface area contributed by atoms with Crippen molar-refractivity contribution in [3.63, 3.8) is 0 Å². The van der Waals surface area contributed by atoms with E-state index < -0.39 is 0 Å². The Morgan fingerprint density at radius 3 is 2.56 bits per heavy atom. The molecule has 27 heavy (non-hydrogen) atoms. The Hall–Kier alpha value is -3.31. The summed E-state index contributed by atoms with van der Waals surface area (Å²) >= 11 is 1.68. The molecule has 4 rings (SSSR count). The summed E-state index contributed by atoms with van der Waals surface area (Å²) in [5, 5.41) is 12.1. The Labute approximate surface area is 160 Å². The van der Waals surface area contributed by atoms with Crippen molar-refractivity contribution in [2.45, 2.75) is 6.92 Å². The van der Waals surface area contributed by atoms with Crippen LogP contribution in [0.25, 0.3) is 32.9 Å². The van der Waals surface area contributed by atoms with Gasteiger partial charge in [-0.3, -0.25) is 10.1 Å². The highest BCUT2D eigenvalue weighted by Gasteiger charge is 2.09. The van der Waals surface area contributed by atoms with E-state index in [1.807, 2.05) is 30.3 Å². The molecule has 0 aliphatic heterocycles. The second kappa shape index (κ2) is 7.13. The molecule has 4 aromatic rings. The Balaban J connectivity index is 1.59. The van der Waals surface area contributed by atoms with Crippen molar-refractivity contribution in [2.75, 3.05) is 0 Å². The van der Waals surface area contributed by atoms with Gasteiger partial charge in [0.25, 0.3) is 5.69 Å². The summed E-state index contributed by atoms with van der Waals surface area (Å²) in [4.78, 5) is 15.4. The molecule has 0 aliphatic carbocycles. The average molecular weight is 372 g/mol. The molecule has 1 heterocycles. The number of nitro benzene ring substituents is 1. The second-order valence-corrected chi connectivity index (χ2v) is 7.29. The van der Waals surface area contributed by atoms with Crippen LogP contribution < -0.4 is 0 Å². The van der Waals surface area contributed by atoms with E-state index in [1.165, 1.54) is 16.3 Å². The summed E-state index contributed by atoms with van der Waals surface area (Å²) in [6.07, 6.45) is 3.65.